The van der Waals surface area contributed by atoms with E-state index < -0.39 is 169 Å². The molecular formula is C48H78N14O35P6S2. The van der Waals surface area contributed by atoms with Crippen LogP contribution in [0.4, 0.5) is 11.6 Å². The number of aromatic nitrogens is 8. The molecule has 105 heavy (non-hydrogen) atoms. The number of thioether (sulfide) groups is 2. The largest absolute Gasteiger partial charge is 0.481 e. The highest BCUT2D eigenvalue weighted by Crippen LogP contribution is 2.63. The summed E-state index contributed by atoms with van der Waals surface area (Å²) in [5, 5.41) is 60.5. The zero-order valence-corrected chi connectivity index (χ0v) is 62.3. The van der Waals surface area contributed by atoms with Crippen LogP contribution in [0.15, 0.2) is 38.0 Å². The number of rotatable bonds is 41. The van der Waals surface area contributed by atoms with E-state index in [-0.39, 0.29) is 102 Å². The van der Waals surface area contributed by atoms with Gasteiger partial charge in [0.15, 0.2) is 40.5 Å². The van der Waals surface area contributed by atoms with Crippen molar-refractivity contribution in [2.24, 2.45) is 10.8 Å². The summed E-state index contributed by atoms with van der Waals surface area (Å²) in [5.74, 6) is -2.42. The SMILES string of the molecule is C=CC(=O)SCCNC(=O)CCNC(=O)[C@H](O)C(C)(C)COP(=O)(O)OP(=O)(O)OC[C@H]1O[C@@H](n2cnc3c(N)ncnc32)[C@H](O)[C@@H]1OP(=O)(O)O.CC(C)(COP(=O)(O)OP(=O)(O)OC[C@H]1O[C@@H](n2cnc3c(N)ncnc32)[C@H](O)[C@@H]1OP(=O)(O)O)[C@@H](O)C(=O)NCCC(=O)NCCSC(=O)CCO. The molecule has 57 heteroatoms. The maximum atomic E-state index is 12.6. The number of hydrogen-bond acceptors (Lipinski definition) is 37. The molecule has 4 aromatic heterocycles. The van der Waals surface area contributed by atoms with Gasteiger partial charge < -0.3 is 107 Å². The number of imidazole rings is 2. The van der Waals surface area contributed by atoms with E-state index in [1.807, 2.05) is 0 Å². The Hall–Kier alpha value is -5.18. The number of nitrogen functional groups attached to an aromatic ring is 2. The molecule has 21 N–H and O–H groups in total. The average molecular weight is 1660 g/mol. The van der Waals surface area contributed by atoms with Crippen molar-refractivity contribution in [2.45, 2.75) is 108 Å². The van der Waals surface area contributed by atoms with Gasteiger partial charge in [-0.2, -0.15) is 8.62 Å². The lowest BCUT2D eigenvalue weighted by molar-refractivity contribution is -0.137. The monoisotopic (exact) mass is 1660 g/mol. The molecule has 0 saturated carbocycles. The van der Waals surface area contributed by atoms with Crippen molar-refractivity contribution in [1.82, 2.24) is 60.3 Å². The summed E-state index contributed by atoms with van der Waals surface area (Å²) in [5.41, 5.74) is 8.48. The summed E-state index contributed by atoms with van der Waals surface area (Å²) in [7, 11) is -32.8. The zero-order valence-electron chi connectivity index (χ0n) is 55.3. The van der Waals surface area contributed by atoms with Crippen LogP contribution in [0.5, 0.6) is 0 Å². The molecule has 6 heterocycles. The molecule has 0 spiro atoms. The summed E-state index contributed by atoms with van der Waals surface area (Å²) in [4.78, 5) is 173. The summed E-state index contributed by atoms with van der Waals surface area (Å²) >= 11 is 1.89. The van der Waals surface area contributed by atoms with E-state index in [2.05, 4.69) is 75.4 Å². The Morgan fingerprint density at radius 3 is 1.31 bits per heavy atom. The molecule has 2 saturated heterocycles. The number of carbonyl (C=O) groups excluding carboxylic acids is 6. The molecule has 2 aliphatic rings. The fourth-order valence-corrected chi connectivity index (χ4v) is 15.6. The number of aliphatic hydroxyl groups is 5. The molecule has 6 rings (SSSR count). The zero-order chi connectivity index (χ0) is 78.8. The fraction of sp³-hybridized carbons (Fsp3) is 0.625. The molecule has 0 aromatic carbocycles. The predicted molar refractivity (Wildman–Crippen MR) is 356 cm³/mol. The van der Waals surface area contributed by atoms with Crippen LogP contribution >= 0.6 is 70.5 Å². The smallest absolute Gasteiger partial charge is 0.396 e. The number of nitrogens with two attached hydrogens (primary N) is 2. The first kappa shape index (κ1) is 90.4. The van der Waals surface area contributed by atoms with Crippen LogP contribution in [0.3, 0.4) is 0 Å². The van der Waals surface area contributed by atoms with Gasteiger partial charge in [-0.25, -0.2) is 57.3 Å². The second-order valence-corrected chi connectivity index (χ2v) is 33.9. The molecular weight excluding hydrogens is 1580 g/mol. The minimum Gasteiger partial charge on any atom is -0.396 e. The molecule has 2 fully saturated rings. The first-order chi connectivity index (χ1) is 48.6. The Balaban J connectivity index is 0.000000377. The van der Waals surface area contributed by atoms with E-state index in [4.69, 9.17) is 44.1 Å². The highest BCUT2D eigenvalue weighted by atomic mass is 32.2. The van der Waals surface area contributed by atoms with Crippen molar-refractivity contribution >= 4 is 138 Å². The van der Waals surface area contributed by atoms with Gasteiger partial charge in [-0.15, -0.1) is 0 Å². The Kier molecular flexibility index (Phi) is 33.5. The van der Waals surface area contributed by atoms with Gasteiger partial charge in [-0.05, 0) is 6.08 Å². The van der Waals surface area contributed by atoms with E-state index in [1.54, 1.807) is 0 Å². The van der Waals surface area contributed by atoms with Crippen LogP contribution in [0.25, 0.3) is 22.3 Å². The van der Waals surface area contributed by atoms with Gasteiger partial charge in [0.25, 0.3) is 0 Å². The molecule has 4 amide bonds. The second-order valence-electron chi connectivity index (χ2n) is 23.2. The quantitative estimate of drug-likeness (QED) is 0.0119. The van der Waals surface area contributed by atoms with Gasteiger partial charge >= 0.3 is 46.9 Å². The third-order valence-electron chi connectivity index (χ3n) is 14.0. The Morgan fingerprint density at radius 2 is 0.952 bits per heavy atom. The third kappa shape index (κ3) is 28.6. The van der Waals surface area contributed by atoms with Crippen molar-refractivity contribution in [1.29, 1.82) is 0 Å². The number of hydrogen-bond donors (Lipinski definition) is 19. The molecule has 4 aromatic rings. The van der Waals surface area contributed by atoms with Crippen LogP contribution < -0.4 is 32.7 Å². The van der Waals surface area contributed by atoms with Crippen LogP contribution in [0, 0.1) is 10.8 Å². The number of phosphoric ester groups is 6. The highest BCUT2D eigenvalue weighted by molar-refractivity contribution is 8.14. The number of ether oxygens (including phenoxy) is 2. The molecule has 0 bridgehead atoms. The first-order valence-corrected chi connectivity index (χ1v) is 41.0. The van der Waals surface area contributed by atoms with Gasteiger partial charge in [0.1, 0.15) is 72.5 Å². The van der Waals surface area contributed by atoms with Gasteiger partial charge in [-0.1, -0.05) is 57.8 Å². The lowest BCUT2D eigenvalue weighted by Crippen LogP contribution is -2.46. The summed E-state index contributed by atoms with van der Waals surface area (Å²) < 4.78 is 124. The molecule has 0 aliphatic carbocycles. The molecule has 2 aliphatic heterocycles. The lowest BCUT2D eigenvalue weighted by Gasteiger charge is -2.30. The Labute approximate surface area is 601 Å². The predicted octanol–water partition coefficient (Wildman–Crippen LogP) is -3.10. The molecule has 14 atom stereocenters. The number of aliphatic hydroxyl groups excluding tert-OH is 5. The van der Waals surface area contributed by atoms with Crippen molar-refractivity contribution < 1.29 is 166 Å². The lowest BCUT2D eigenvalue weighted by atomic mass is 9.87. The van der Waals surface area contributed by atoms with Crippen LogP contribution in [-0.4, -0.2) is 257 Å². The maximum absolute atomic E-state index is 12.6. The molecule has 592 valence electrons. The Morgan fingerprint density at radius 1 is 0.581 bits per heavy atom. The number of phosphoric acid groups is 6. The summed E-state index contributed by atoms with van der Waals surface area (Å²) in [6.45, 7) is 3.85. The van der Waals surface area contributed by atoms with Crippen molar-refractivity contribution in [3.63, 3.8) is 0 Å². The molecule has 49 nitrogen and oxygen atoms in total. The van der Waals surface area contributed by atoms with Gasteiger partial charge in [0.05, 0.1) is 45.7 Å². The van der Waals surface area contributed by atoms with E-state index in [0.717, 1.165) is 64.0 Å². The van der Waals surface area contributed by atoms with Gasteiger partial charge in [-0.3, -0.25) is 65.0 Å². The van der Waals surface area contributed by atoms with Gasteiger partial charge in [0, 0.05) is 67.8 Å². The van der Waals surface area contributed by atoms with Crippen molar-refractivity contribution in [3.05, 3.63) is 38.0 Å². The Bertz CT molecular complexity index is 4000. The minimum absolute atomic E-state index is 0.0134. The van der Waals surface area contributed by atoms with E-state index in [0.29, 0.717) is 5.75 Å². The molecule has 0 radical (unpaired) electrons. The van der Waals surface area contributed by atoms with E-state index in [1.165, 1.54) is 27.7 Å². The summed E-state index contributed by atoms with van der Waals surface area (Å²) in [6.07, 6.45) is -12.8. The topological polar surface area (TPSA) is 747 Å². The van der Waals surface area contributed by atoms with Gasteiger partial charge in [0.2, 0.25) is 28.7 Å². The van der Waals surface area contributed by atoms with E-state index in [9.17, 15) is 116 Å². The third-order valence-corrected chi connectivity index (χ3v) is 22.0. The van der Waals surface area contributed by atoms with Crippen LogP contribution in [-0.2, 0) is 101 Å². The van der Waals surface area contributed by atoms with Crippen LogP contribution in [0.1, 0.15) is 59.4 Å². The summed E-state index contributed by atoms with van der Waals surface area (Å²) in [6, 6.07) is 0. The van der Waals surface area contributed by atoms with Crippen molar-refractivity contribution in [2.75, 3.05) is 82.2 Å². The number of anilines is 2. The average Bonchev–Trinajstić information content (AvgIpc) is 1.62. The number of carbonyl (C=O) groups is 6. The molecule has 4 unspecified atom stereocenters. The number of fused-ring (bicyclic) bond motifs is 2. The number of nitrogens with zero attached hydrogens (tertiary/aromatic N) is 8. The number of nitrogens with one attached hydrogen (secondary N) is 4. The van der Waals surface area contributed by atoms with Crippen molar-refractivity contribution in [3.8, 4) is 0 Å². The normalized spacial score (nSPS) is 22.3. The fourth-order valence-electron chi connectivity index (χ4n) is 8.80. The second kappa shape index (κ2) is 38.9. The highest BCUT2D eigenvalue weighted by Gasteiger charge is 2.53. The van der Waals surface area contributed by atoms with Crippen LogP contribution in [0.2, 0.25) is 0 Å². The number of amides is 4. The standard InChI is InChI=1S/C24H40N7O18P3S.C24H38N7O17P3S/c1-24(2,19(36)22(37)27-5-3-14(33)26-6-8-53-15(34)4-7-32)10-46-52(43,44)49-51(41,42)45-9-13-18(48-50(38,39)40)17(35)23(47-13)31-12-30-16-20(25)28-11-29-21(16)31;1-4-15(33)52-8-7-26-14(32)5-6-27-22(36)19(35)24(2,3)10-45-51(42,43)48-50(40,41)44-9-13-18(47-49(37,38)39)17(34)23(46-13)31-12-30-16-20(25)28-11-29-21(16)31/h11-13,17-19,23,32,35-36H,3-10H2,1-2H3,(H,26,33)(H,27,37)(H,41,42)(H,43,44)(H2,25,28,29)(H2,38,39,40);4,11-13,17-19,23,34-35H,1,5-10H2,2-3H3,(H,26,32)(H,27,36)(H,40,41)(H,42,43)(H2,25,28,29)(H2,37,38,39)/t2*13-,17-,18-,19+,23-/m11/s1. The minimum atomic E-state index is -5.57. The van der Waals surface area contributed by atoms with E-state index >= 15 is 0 Å². The maximum Gasteiger partial charge on any atom is 0.481 e. The first-order valence-electron chi connectivity index (χ1n) is 29.9.